The smallest absolute Gasteiger partial charge is 0.319 e. The maximum atomic E-state index is 12.4. The molecule has 136 valence electrons. The first-order chi connectivity index (χ1) is 12.7. The molecule has 3 aromatic rings. The zero-order valence-corrected chi connectivity index (χ0v) is 14.7. The molecule has 0 radical (unpaired) electrons. The lowest BCUT2D eigenvalue weighted by molar-refractivity contribution is 0.207. The number of anilines is 1. The molecule has 2 aromatic heterocycles. The second kappa shape index (κ2) is 7.17. The summed E-state index contributed by atoms with van der Waals surface area (Å²) in [6.07, 6.45) is 4.03. The molecular formula is C18H22N6O2. The van der Waals surface area contributed by atoms with Gasteiger partial charge in [-0.1, -0.05) is 6.07 Å². The van der Waals surface area contributed by atoms with Crippen molar-refractivity contribution in [2.75, 3.05) is 25.0 Å². The zero-order valence-electron chi connectivity index (χ0n) is 14.7. The Kier molecular flexibility index (Phi) is 4.57. The molecule has 0 unspecified atom stereocenters. The third kappa shape index (κ3) is 3.41. The quantitative estimate of drug-likeness (QED) is 0.735. The Morgan fingerprint density at radius 2 is 2.08 bits per heavy atom. The Morgan fingerprint density at radius 3 is 2.85 bits per heavy atom. The van der Waals surface area contributed by atoms with Crippen molar-refractivity contribution in [3.8, 4) is 0 Å². The number of hydrogen-bond donors (Lipinski definition) is 2. The molecule has 2 N–H and O–H groups in total. The molecule has 1 aliphatic heterocycles. The van der Waals surface area contributed by atoms with Crippen LogP contribution in [0.15, 0.2) is 41.0 Å². The number of benzene rings is 1. The van der Waals surface area contributed by atoms with Gasteiger partial charge in [0.05, 0.1) is 18.0 Å². The van der Waals surface area contributed by atoms with Crippen LogP contribution >= 0.6 is 0 Å². The van der Waals surface area contributed by atoms with Crippen molar-refractivity contribution in [3.63, 3.8) is 0 Å². The molecule has 0 aliphatic carbocycles. The molecule has 3 heterocycles. The molecule has 26 heavy (non-hydrogen) atoms. The Morgan fingerprint density at radius 1 is 1.23 bits per heavy atom. The molecule has 2 amide bonds. The number of likely N-dealkylation sites (tertiary alicyclic amines) is 1. The van der Waals surface area contributed by atoms with Gasteiger partial charge in [0.25, 0.3) is 0 Å². The van der Waals surface area contributed by atoms with Crippen molar-refractivity contribution in [1.29, 1.82) is 0 Å². The van der Waals surface area contributed by atoms with Gasteiger partial charge in [0.2, 0.25) is 0 Å². The van der Waals surface area contributed by atoms with Gasteiger partial charge in [0, 0.05) is 13.6 Å². The van der Waals surface area contributed by atoms with E-state index in [9.17, 15) is 4.79 Å². The average molecular weight is 354 g/mol. The van der Waals surface area contributed by atoms with Crippen LogP contribution < -0.4 is 10.6 Å². The molecule has 1 aromatic carbocycles. The van der Waals surface area contributed by atoms with Crippen LogP contribution in [-0.4, -0.2) is 45.6 Å². The number of nitrogens with one attached hydrogen (secondary N) is 2. The Balaban J connectivity index is 1.43. The maximum absolute atomic E-state index is 12.4. The van der Waals surface area contributed by atoms with Crippen LogP contribution in [-0.2, 0) is 7.05 Å². The minimum Gasteiger partial charge on any atom is -0.468 e. The molecule has 1 saturated heterocycles. The minimum absolute atomic E-state index is 0.0468. The molecule has 0 bridgehead atoms. The molecule has 4 rings (SSSR count). The number of nitrogens with zero attached hydrogens (tertiary/aromatic N) is 4. The van der Waals surface area contributed by atoms with Gasteiger partial charge in [-0.2, -0.15) is 15.0 Å². The number of furan rings is 1. The summed E-state index contributed by atoms with van der Waals surface area (Å²) in [6, 6.07) is 9.16. The number of fused-ring (bicyclic) bond motifs is 1. The Bertz CT molecular complexity index is 882. The van der Waals surface area contributed by atoms with Gasteiger partial charge >= 0.3 is 6.03 Å². The number of aryl methyl sites for hydroxylation is 1. The van der Waals surface area contributed by atoms with E-state index in [4.69, 9.17) is 4.42 Å². The predicted molar refractivity (Wildman–Crippen MR) is 97.8 cm³/mol. The molecule has 1 aliphatic rings. The first-order valence-corrected chi connectivity index (χ1v) is 8.83. The summed E-state index contributed by atoms with van der Waals surface area (Å²) < 4.78 is 5.58. The maximum Gasteiger partial charge on any atom is 0.319 e. The molecule has 8 heteroatoms. The van der Waals surface area contributed by atoms with E-state index in [1.54, 1.807) is 13.3 Å². The van der Waals surface area contributed by atoms with Gasteiger partial charge in [-0.3, -0.25) is 4.90 Å². The van der Waals surface area contributed by atoms with Crippen LogP contribution in [0.3, 0.4) is 0 Å². The summed E-state index contributed by atoms with van der Waals surface area (Å²) in [5.41, 5.74) is 2.06. The number of amides is 2. The zero-order chi connectivity index (χ0) is 17.9. The van der Waals surface area contributed by atoms with Crippen LogP contribution in [0.4, 0.5) is 10.5 Å². The van der Waals surface area contributed by atoms with Crippen LogP contribution in [0.1, 0.15) is 24.6 Å². The largest absolute Gasteiger partial charge is 0.468 e. The van der Waals surface area contributed by atoms with Crippen molar-refractivity contribution >= 4 is 22.8 Å². The summed E-state index contributed by atoms with van der Waals surface area (Å²) in [6.45, 7) is 2.52. The summed E-state index contributed by atoms with van der Waals surface area (Å²) in [5.74, 6) is 0.878. The molecular weight excluding hydrogens is 332 g/mol. The van der Waals surface area contributed by atoms with Crippen LogP contribution in [0.2, 0.25) is 0 Å². The normalized spacial score (nSPS) is 16.0. The monoisotopic (exact) mass is 354 g/mol. The highest BCUT2D eigenvalue weighted by molar-refractivity contribution is 5.98. The van der Waals surface area contributed by atoms with Gasteiger partial charge in [-0.25, -0.2) is 4.79 Å². The third-order valence-corrected chi connectivity index (χ3v) is 4.67. The SMILES string of the molecule is Cn1nc2cccc(NC(=O)NC[C@H](c3ccco3)N3CCCC3)c2n1. The molecule has 1 atom stereocenters. The lowest BCUT2D eigenvalue weighted by Gasteiger charge is -2.26. The summed E-state index contributed by atoms with van der Waals surface area (Å²) in [7, 11) is 1.76. The standard InChI is InChI=1S/C18H22N6O2/c1-23-21-14-7-4-6-13(17(14)22-23)20-18(25)19-12-15(16-8-5-11-26-16)24-9-2-3-10-24/h4-8,11,15H,2-3,9-10,12H2,1H3,(H2,19,20,25)/t15-/m1/s1. The van der Waals surface area contributed by atoms with Crippen LogP contribution in [0.5, 0.6) is 0 Å². The van der Waals surface area contributed by atoms with Gasteiger partial charge in [-0.05, 0) is 50.2 Å². The molecule has 0 spiro atoms. The minimum atomic E-state index is -0.265. The summed E-state index contributed by atoms with van der Waals surface area (Å²) >= 11 is 0. The van der Waals surface area contributed by atoms with Gasteiger partial charge in [0.15, 0.2) is 0 Å². The van der Waals surface area contributed by atoms with Crippen LogP contribution in [0, 0.1) is 0 Å². The van der Waals surface area contributed by atoms with Gasteiger partial charge in [0.1, 0.15) is 16.8 Å². The highest BCUT2D eigenvalue weighted by Gasteiger charge is 2.26. The fraction of sp³-hybridized carbons (Fsp3) is 0.389. The lowest BCUT2D eigenvalue weighted by atomic mass is 10.2. The number of aromatic nitrogens is 3. The van der Waals surface area contributed by atoms with Gasteiger partial charge in [-0.15, -0.1) is 0 Å². The van der Waals surface area contributed by atoms with E-state index in [1.165, 1.54) is 17.6 Å². The number of rotatable bonds is 5. The van der Waals surface area contributed by atoms with E-state index in [0.717, 1.165) is 24.4 Å². The van der Waals surface area contributed by atoms with Crippen molar-refractivity contribution in [1.82, 2.24) is 25.2 Å². The molecule has 8 nitrogen and oxygen atoms in total. The Hall–Kier alpha value is -2.87. The van der Waals surface area contributed by atoms with Crippen molar-refractivity contribution < 1.29 is 9.21 Å². The van der Waals surface area contributed by atoms with Crippen molar-refractivity contribution in [2.24, 2.45) is 7.05 Å². The predicted octanol–water partition coefficient (Wildman–Crippen LogP) is 2.52. The van der Waals surface area contributed by atoms with E-state index in [0.29, 0.717) is 17.7 Å². The third-order valence-electron chi connectivity index (χ3n) is 4.67. The first-order valence-electron chi connectivity index (χ1n) is 8.83. The number of hydrogen-bond acceptors (Lipinski definition) is 5. The summed E-state index contributed by atoms with van der Waals surface area (Å²) in [4.78, 5) is 16.3. The lowest BCUT2D eigenvalue weighted by Crippen LogP contribution is -2.38. The first kappa shape index (κ1) is 16.6. The van der Waals surface area contributed by atoms with E-state index in [-0.39, 0.29) is 12.1 Å². The van der Waals surface area contributed by atoms with Crippen molar-refractivity contribution in [2.45, 2.75) is 18.9 Å². The fourth-order valence-corrected chi connectivity index (χ4v) is 3.44. The van der Waals surface area contributed by atoms with E-state index < -0.39 is 0 Å². The van der Waals surface area contributed by atoms with Gasteiger partial charge < -0.3 is 15.1 Å². The summed E-state index contributed by atoms with van der Waals surface area (Å²) in [5, 5.41) is 14.4. The number of urea groups is 1. The van der Waals surface area contributed by atoms with Crippen molar-refractivity contribution in [3.05, 3.63) is 42.4 Å². The number of carbonyl (C=O) groups excluding carboxylic acids is 1. The van der Waals surface area contributed by atoms with E-state index >= 15 is 0 Å². The average Bonchev–Trinajstić information content (AvgIpc) is 3.36. The Labute approximate surface area is 151 Å². The highest BCUT2D eigenvalue weighted by Crippen LogP contribution is 2.25. The fourth-order valence-electron chi connectivity index (χ4n) is 3.44. The topological polar surface area (TPSA) is 88.2 Å². The number of carbonyl (C=O) groups is 1. The molecule has 0 saturated carbocycles. The second-order valence-electron chi connectivity index (χ2n) is 6.47. The molecule has 1 fully saturated rings. The highest BCUT2D eigenvalue weighted by atomic mass is 16.3. The van der Waals surface area contributed by atoms with Crippen LogP contribution in [0.25, 0.3) is 11.0 Å². The second-order valence-corrected chi connectivity index (χ2v) is 6.47. The van der Waals surface area contributed by atoms with E-state index in [1.807, 2.05) is 30.3 Å². The van der Waals surface area contributed by atoms with E-state index in [2.05, 4.69) is 25.7 Å².